The smallest absolute Gasteiger partial charge is 0.224 e. The van der Waals surface area contributed by atoms with Crippen LogP contribution in [-0.2, 0) is 11.2 Å². The predicted molar refractivity (Wildman–Crippen MR) is 96.4 cm³/mol. The summed E-state index contributed by atoms with van der Waals surface area (Å²) in [6.45, 7) is 0. The van der Waals surface area contributed by atoms with Gasteiger partial charge in [-0.15, -0.1) is 11.3 Å². The van der Waals surface area contributed by atoms with Crippen molar-refractivity contribution in [3.63, 3.8) is 0 Å². The van der Waals surface area contributed by atoms with Gasteiger partial charge in [-0.05, 0) is 28.1 Å². The van der Waals surface area contributed by atoms with Crippen LogP contribution >= 0.6 is 27.3 Å². The minimum Gasteiger partial charge on any atom is -0.325 e. The zero-order valence-corrected chi connectivity index (χ0v) is 14.6. The largest absolute Gasteiger partial charge is 0.325 e. The molecule has 0 atom stereocenters. The maximum atomic E-state index is 12.0. The van der Waals surface area contributed by atoms with Crippen molar-refractivity contribution in [3.8, 4) is 11.3 Å². The van der Waals surface area contributed by atoms with Crippen molar-refractivity contribution in [2.75, 3.05) is 5.32 Å². The lowest BCUT2D eigenvalue weighted by Crippen LogP contribution is -2.12. The monoisotopic (exact) mass is 387 g/mol. The summed E-state index contributed by atoms with van der Waals surface area (Å²) in [5.74, 6) is -0.0365. The highest BCUT2D eigenvalue weighted by Crippen LogP contribution is 2.22. The Bertz CT molecular complexity index is 787. The second kappa shape index (κ2) is 7.48. The van der Waals surface area contributed by atoms with Gasteiger partial charge in [0.1, 0.15) is 4.60 Å². The fraction of sp³-hybridized carbons (Fsp3) is 0.118. The number of aromatic nitrogens is 2. The molecule has 0 aliphatic heterocycles. The summed E-state index contributed by atoms with van der Waals surface area (Å²) < 4.78 is 0.742. The van der Waals surface area contributed by atoms with Gasteiger partial charge in [0.25, 0.3) is 0 Å². The number of benzene rings is 1. The molecule has 3 rings (SSSR count). The highest BCUT2D eigenvalue weighted by molar-refractivity contribution is 9.10. The molecule has 0 aliphatic carbocycles. The number of hydrogen-bond donors (Lipinski definition) is 1. The third kappa shape index (κ3) is 4.46. The normalized spacial score (nSPS) is 10.5. The van der Waals surface area contributed by atoms with Crippen molar-refractivity contribution in [2.45, 2.75) is 12.8 Å². The summed E-state index contributed by atoms with van der Waals surface area (Å²) in [6, 6.07) is 13.6. The molecule has 1 amide bonds. The topological polar surface area (TPSA) is 54.9 Å². The fourth-order valence-corrected chi connectivity index (χ4v) is 3.10. The molecule has 0 unspecified atom stereocenters. The number of pyridine rings is 1. The van der Waals surface area contributed by atoms with Crippen LogP contribution in [0.25, 0.3) is 11.3 Å². The van der Waals surface area contributed by atoms with Crippen molar-refractivity contribution in [1.29, 1.82) is 0 Å². The van der Waals surface area contributed by atoms with Crippen LogP contribution in [0.1, 0.15) is 11.4 Å². The summed E-state index contributed by atoms with van der Waals surface area (Å²) in [5.41, 5.74) is 2.76. The van der Waals surface area contributed by atoms with Crippen LogP contribution in [0, 0.1) is 0 Å². The highest BCUT2D eigenvalue weighted by Gasteiger charge is 2.08. The number of nitrogens with zero attached hydrogens (tertiary/aromatic N) is 2. The molecule has 0 saturated heterocycles. The Hall–Kier alpha value is -2.05. The molecule has 4 nitrogen and oxygen atoms in total. The standard InChI is InChI=1S/C17H14BrN3OS/c18-15-7-6-13(10-19-15)20-16(22)8-9-17-21-14(11-23-17)12-4-2-1-3-5-12/h1-7,10-11H,8-9H2,(H,20,22). The van der Waals surface area contributed by atoms with E-state index < -0.39 is 0 Å². The lowest BCUT2D eigenvalue weighted by atomic mass is 10.2. The van der Waals surface area contributed by atoms with Crippen molar-refractivity contribution >= 4 is 38.9 Å². The van der Waals surface area contributed by atoms with Gasteiger partial charge in [0.15, 0.2) is 0 Å². The van der Waals surface area contributed by atoms with Crippen LogP contribution in [-0.4, -0.2) is 15.9 Å². The van der Waals surface area contributed by atoms with E-state index in [0.717, 1.165) is 20.9 Å². The molecule has 116 valence electrons. The lowest BCUT2D eigenvalue weighted by molar-refractivity contribution is -0.116. The zero-order chi connectivity index (χ0) is 16.1. The molecule has 23 heavy (non-hydrogen) atoms. The van der Waals surface area contributed by atoms with Crippen molar-refractivity contribution in [2.24, 2.45) is 0 Å². The Labute approximate surface area is 146 Å². The minimum absolute atomic E-state index is 0.0365. The SMILES string of the molecule is O=C(CCc1nc(-c2ccccc2)cs1)Nc1ccc(Br)nc1. The van der Waals surface area contributed by atoms with Gasteiger partial charge in [0.2, 0.25) is 5.91 Å². The van der Waals surface area contributed by atoms with E-state index in [1.807, 2.05) is 41.8 Å². The molecule has 0 saturated carbocycles. The third-order valence-corrected chi connectivity index (χ3v) is 4.58. The molecule has 3 aromatic rings. The maximum Gasteiger partial charge on any atom is 0.224 e. The Balaban J connectivity index is 1.55. The van der Waals surface area contributed by atoms with E-state index in [1.54, 1.807) is 23.6 Å². The second-order valence-corrected chi connectivity index (χ2v) is 6.67. The predicted octanol–water partition coefficient (Wildman–Crippen LogP) is 4.54. The van der Waals surface area contributed by atoms with E-state index in [2.05, 4.69) is 31.2 Å². The molecule has 1 aromatic carbocycles. The van der Waals surface area contributed by atoms with Gasteiger partial charge < -0.3 is 5.32 Å². The first-order valence-corrected chi connectivity index (χ1v) is 8.79. The van der Waals surface area contributed by atoms with Crippen LogP contribution in [0.2, 0.25) is 0 Å². The second-order valence-electron chi connectivity index (χ2n) is 4.91. The van der Waals surface area contributed by atoms with Gasteiger partial charge in [-0.1, -0.05) is 30.3 Å². The molecule has 0 radical (unpaired) electrons. The summed E-state index contributed by atoms with van der Waals surface area (Å²) in [4.78, 5) is 20.6. The highest BCUT2D eigenvalue weighted by atomic mass is 79.9. The van der Waals surface area contributed by atoms with Gasteiger partial charge in [-0.2, -0.15) is 0 Å². The average molecular weight is 388 g/mol. The summed E-state index contributed by atoms with van der Waals surface area (Å²) in [6.07, 6.45) is 2.66. The quantitative estimate of drug-likeness (QED) is 0.653. The molecule has 2 aromatic heterocycles. The Morgan fingerprint density at radius 2 is 2.00 bits per heavy atom. The maximum absolute atomic E-state index is 12.0. The van der Waals surface area contributed by atoms with Gasteiger partial charge in [0.05, 0.1) is 22.6 Å². The Morgan fingerprint density at radius 1 is 1.17 bits per heavy atom. The van der Waals surface area contributed by atoms with Crippen LogP contribution in [0.5, 0.6) is 0 Å². The van der Waals surface area contributed by atoms with E-state index in [-0.39, 0.29) is 5.91 Å². The van der Waals surface area contributed by atoms with E-state index in [9.17, 15) is 4.79 Å². The average Bonchev–Trinajstić information content (AvgIpc) is 3.05. The summed E-state index contributed by atoms with van der Waals surface area (Å²) in [7, 11) is 0. The van der Waals surface area contributed by atoms with Crippen LogP contribution < -0.4 is 5.32 Å². The molecule has 1 N–H and O–H groups in total. The first kappa shape index (κ1) is 15.8. The zero-order valence-electron chi connectivity index (χ0n) is 12.2. The fourth-order valence-electron chi connectivity index (χ4n) is 2.06. The van der Waals surface area contributed by atoms with Gasteiger partial charge in [0, 0.05) is 23.8 Å². The molecular formula is C17H14BrN3OS. The molecule has 0 aliphatic rings. The molecule has 2 heterocycles. The first-order valence-electron chi connectivity index (χ1n) is 7.12. The van der Waals surface area contributed by atoms with E-state index in [1.165, 1.54) is 0 Å². The van der Waals surface area contributed by atoms with E-state index in [0.29, 0.717) is 18.5 Å². The number of thiazole rings is 1. The van der Waals surface area contributed by atoms with E-state index in [4.69, 9.17) is 0 Å². The summed E-state index contributed by atoms with van der Waals surface area (Å²) in [5, 5.41) is 5.83. The Morgan fingerprint density at radius 3 is 2.74 bits per heavy atom. The van der Waals surface area contributed by atoms with Crippen LogP contribution in [0.3, 0.4) is 0 Å². The van der Waals surface area contributed by atoms with Crippen LogP contribution in [0.15, 0.2) is 58.6 Å². The number of anilines is 1. The van der Waals surface area contributed by atoms with Crippen molar-refractivity contribution in [3.05, 3.63) is 63.7 Å². The minimum atomic E-state index is -0.0365. The molecule has 0 fully saturated rings. The molecule has 0 bridgehead atoms. The lowest BCUT2D eigenvalue weighted by Gasteiger charge is -2.03. The summed E-state index contributed by atoms with van der Waals surface area (Å²) >= 11 is 4.85. The number of amides is 1. The molecular weight excluding hydrogens is 374 g/mol. The number of nitrogens with one attached hydrogen (secondary N) is 1. The van der Waals surface area contributed by atoms with Gasteiger partial charge in [-0.3, -0.25) is 4.79 Å². The van der Waals surface area contributed by atoms with Gasteiger partial charge >= 0.3 is 0 Å². The van der Waals surface area contributed by atoms with Gasteiger partial charge in [-0.25, -0.2) is 9.97 Å². The van der Waals surface area contributed by atoms with E-state index >= 15 is 0 Å². The Kier molecular flexibility index (Phi) is 5.15. The number of carbonyl (C=O) groups is 1. The molecule has 0 spiro atoms. The first-order chi connectivity index (χ1) is 11.2. The number of hydrogen-bond acceptors (Lipinski definition) is 4. The number of carbonyl (C=O) groups excluding carboxylic acids is 1. The van der Waals surface area contributed by atoms with Crippen molar-refractivity contribution < 1.29 is 4.79 Å². The number of aryl methyl sites for hydroxylation is 1. The third-order valence-electron chi connectivity index (χ3n) is 3.20. The number of halogens is 1. The van der Waals surface area contributed by atoms with Crippen LogP contribution in [0.4, 0.5) is 5.69 Å². The molecule has 6 heteroatoms. The van der Waals surface area contributed by atoms with Crippen molar-refractivity contribution in [1.82, 2.24) is 9.97 Å². The number of rotatable bonds is 5.